The summed E-state index contributed by atoms with van der Waals surface area (Å²) in [6.45, 7) is 6.57. The van der Waals surface area contributed by atoms with Crippen LogP contribution >= 0.6 is 11.8 Å². The first-order valence-electron chi connectivity index (χ1n) is 7.53. The Balaban J connectivity index is 1.80. The Kier molecular flexibility index (Phi) is 6.08. The Morgan fingerprint density at radius 1 is 1.09 bits per heavy atom. The van der Waals surface area contributed by atoms with E-state index in [1.165, 1.54) is 0 Å². The lowest BCUT2D eigenvalue weighted by molar-refractivity contribution is 0.0939. The largest absolute Gasteiger partial charge is 0.492 e. The minimum Gasteiger partial charge on any atom is -0.492 e. The molecule has 0 bridgehead atoms. The summed E-state index contributed by atoms with van der Waals surface area (Å²) in [5.41, 5.74) is 1.94. The van der Waals surface area contributed by atoms with E-state index in [1.807, 2.05) is 69.3 Å². The van der Waals surface area contributed by atoms with Gasteiger partial charge in [-0.2, -0.15) is 0 Å². The van der Waals surface area contributed by atoms with Crippen LogP contribution in [0.4, 0.5) is 0 Å². The number of hydrogen-bond donors (Lipinski definition) is 0. The van der Waals surface area contributed by atoms with Crippen molar-refractivity contribution in [2.24, 2.45) is 5.92 Å². The number of carbonyl (C=O) groups excluding carboxylic acids is 1. The van der Waals surface area contributed by atoms with Gasteiger partial charge in [-0.15, -0.1) is 11.8 Å². The predicted molar refractivity (Wildman–Crippen MR) is 93.0 cm³/mol. The van der Waals surface area contributed by atoms with Crippen LogP contribution in [-0.2, 0) is 0 Å². The van der Waals surface area contributed by atoms with Gasteiger partial charge in [0.05, 0.1) is 6.61 Å². The summed E-state index contributed by atoms with van der Waals surface area (Å²) in [5.74, 6) is 2.06. The van der Waals surface area contributed by atoms with E-state index in [4.69, 9.17) is 4.74 Å². The average Bonchev–Trinajstić information content (AvgIpc) is 2.53. The molecule has 2 aromatic rings. The van der Waals surface area contributed by atoms with Crippen molar-refractivity contribution in [2.45, 2.75) is 25.7 Å². The topological polar surface area (TPSA) is 26.3 Å². The van der Waals surface area contributed by atoms with Crippen LogP contribution in [0.5, 0.6) is 5.75 Å². The third kappa shape index (κ3) is 4.63. The highest BCUT2D eigenvalue weighted by molar-refractivity contribution is 7.99. The molecular formula is C19H22O2S. The van der Waals surface area contributed by atoms with Crippen molar-refractivity contribution in [1.82, 2.24) is 0 Å². The number of para-hydroxylation sites is 1. The lowest BCUT2D eigenvalue weighted by atomic mass is 10.0. The van der Waals surface area contributed by atoms with E-state index in [0.717, 1.165) is 27.5 Å². The molecule has 0 fully saturated rings. The molecule has 3 heteroatoms. The second-order valence-electron chi connectivity index (χ2n) is 5.51. The smallest absolute Gasteiger partial charge is 0.165 e. The van der Waals surface area contributed by atoms with Crippen LogP contribution in [0, 0.1) is 12.8 Å². The van der Waals surface area contributed by atoms with Gasteiger partial charge < -0.3 is 4.74 Å². The number of thioether (sulfide) groups is 1. The molecule has 116 valence electrons. The Bertz CT molecular complexity index is 618. The molecular weight excluding hydrogens is 292 g/mol. The molecule has 0 amide bonds. The monoisotopic (exact) mass is 314 g/mol. The molecule has 0 unspecified atom stereocenters. The SMILES string of the molecule is Cc1ccccc1OCCSc1ccc(C(=O)C(C)C)cc1. The number of aryl methyl sites for hydroxylation is 1. The van der Waals surface area contributed by atoms with Crippen LogP contribution < -0.4 is 4.74 Å². The van der Waals surface area contributed by atoms with Gasteiger partial charge in [0.2, 0.25) is 0 Å². The van der Waals surface area contributed by atoms with Gasteiger partial charge in [0.25, 0.3) is 0 Å². The molecule has 2 aromatic carbocycles. The Morgan fingerprint density at radius 3 is 2.41 bits per heavy atom. The van der Waals surface area contributed by atoms with Crippen LogP contribution in [0.2, 0.25) is 0 Å². The molecule has 2 rings (SSSR count). The zero-order chi connectivity index (χ0) is 15.9. The highest BCUT2D eigenvalue weighted by atomic mass is 32.2. The van der Waals surface area contributed by atoms with E-state index >= 15 is 0 Å². The predicted octanol–water partition coefficient (Wildman–Crippen LogP) is 5.00. The molecule has 0 N–H and O–H groups in total. The first kappa shape index (κ1) is 16.6. The summed E-state index contributed by atoms with van der Waals surface area (Å²) in [6.07, 6.45) is 0. The second kappa shape index (κ2) is 8.04. The van der Waals surface area contributed by atoms with Crippen molar-refractivity contribution in [1.29, 1.82) is 0 Å². The Morgan fingerprint density at radius 2 is 1.77 bits per heavy atom. The lowest BCUT2D eigenvalue weighted by Crippen LogP contribution is -2.06. The second-order valence-corrected chi connectivity index (χ2v) is 6.67. The highest BCUT2D eigenvalue weighted by Crippen LogP contribution is 2.21. The summed E-state index contributed by atoms with van der Waals surface area (Å²) in [5, 5.41) is 0. The quantitative estimate of drug-likeness (QED) is 0.408. The number of ether oxygens (including phenoxy) is 1. The number of benzene rings is 2. The molecule has 2 nitrogen and oxygen atoms in total. The van der Waals surface area contributed by atoms with Gasteiger partial charge in [-0.1, -0.05) is 44.2 Å². The van der Waals surface area contributed by atoms with Crippen molar-refractivity contribution in [3.05, 3.63) is 59.7 Å². The van der Waals surface area contributed by atoms with Gasteiger partial charge in [0.15, 0.2) is 5.78 Å². The van der Waals surface area contributed by atoms with E-state index in [-0.39, 0.29) is 11.7 Å². The third-order valence-corrected chi connectivity index (χ3v) is 4.34. The molecule has 0 aliphatic heterocycles. The Labute approximate surface area is 136 Å². The average molecular weight is 314 g/mol. The van der Waals surface area contributed by atoms with E-state index in [2.05, 4.69) is 0 Å². The Hall–Kier alpha value is -1.74. The van der Waals surface area contributed by atoms with E-state index in [1.54, 1.807) is 11.8 Å². The number of hydrogen-bond acceptors (Lipinski definition) is 3. The molecule has 0 aromatic heterocycles. The minimum atomic E-state index is 0.0426. The van der Waals surface area contributed by atoms with Crippen molar-refractivity contribution in [3.63, 3.8) is 0 Å². The molecule has 22 heavy (non-hydrogen) atoms. The fourth-order valence-electron chi connectivity index (χ4n) is 2.08. The highest BCUT2D eigenvalue weighted by Gasteiger charge is 2.09. The van der Waals surface area contributed by atoms with Crippen molar-refractivity contribution >= 4 is 17.5 Å². The maximum atomic E-state index is 11.9. The normalized spacial score (nSPS) is 10.7. The summed E-state index contributed by atoms with van der Waals surface area (Å²) < 4.78 is 5.78. The van der Waals surface area contributed by atoms with Gasteiger partial charge in [-0.25, -0.2) is 0 Å². The van der Waals surface area contributed by atoms with Gasteiger partial charge >= 0.3 is 0 Å². The van der Waals surface area contributed by atoms with Crippen LogP contribution in [0.1, 0.15) is 29.8 Å². The molecule has 0 heterocycles. The fraction of sp³-hybridized carbons (Fsp3) is 0.316. The lowest BCUT2D eigenvalue weighted by Gasteiger charge is -2.09. The summed E-state index contributed by atoms with van der Waals surface area (Å²) in [6, 6.07) is 15.9. The standard InChI is InChI=1S/C19H22O2S/c1-14(2)19(20)16-8-10-17(11-9-16)22-13-12-21-18-7-5-4-6-15(18)3/h4-11,14H,12-13H2,1-3H3. The first-order valence-corrected chi connectivity index (χ1v) is 8.52. The third-order valence-electron chi connectivity index (χ3n) is 3.37. The summed E-state index contributed by atoms with van der Waals surface area (Å²) in [7, 11) is 0. The maximum Gasteiger partial charge on any atom is 0.165 e. The van der Waals surface area contributed by atoms with Crippen molar-refractivity contribution in [2.75, 3.05) is 12.4 Å². The molecule has 0 saturated carbocycles. The van der Waals surface area contributed by atoms with Crippen molar-refractivity contribution < 1.29 is 9.53 Å². The fourth-order valence-corrected chi connectivity index (χ4v) is 2.81. The molecule has 0 aliphatic rings. The molecule has 0 saturated heterocycles. The van der Waals surface area contributed by atoms with Gasteiger partial charge in [0, 0.05) is 22.1 Å². The van der Waals surface area contributed by atoms with Gasteiger partial charge in [0.1, 0.15) is 5.75 Å². The first-order chi connectivity index (χ1) is 10.6. The van der Waals surface area contributed by atoms with E-state index < -0.39 is 0 Å². The maximum absolute atomic E-state index is 11.9. The molecule has 0 atom stereocenters. The number of Topliss-reactive ketones (excluding diaryl/α,β-unsaturated/α-hetero) is 1. The summed E-state index contributed by atoms with van der Waals surface area (Å²) >= 11 is 1.74. The minimum absolute atomic E-state index is 0.0426. The van der Waals surface area contributed by atoms with Crippen LogP contribution in [-0.4, -0.2) is 18.1 Å². The zero-order valence-corrected chi connectivity index (χ0v) is 14.2. The number of ketones is 1. The van der Waals surface area contributed by atoms with Crippen LogP contribution in [0.15, 0.2) is 53.4 Å². The number of rotatable bonds is 7. The number of carbonyl (C=O) groups is 1. The van der Waals surface area contributed by atoms with Gasteiger partial charge in [-0.3, -0.25) is 4.79 Å². The molecule has 0 radical (unpaired) electrons. The van der Waals surface area contributed by atoms with Crippen LogP contribution in [0.25, 0.3) is 0 Å². The van der Waals surface area contributed by atoms with E-state index in [9.17, 15) is 4.79 Å². The van der Waals surface area contributed by atoms with Gasteiger partial charge in [-0.05, 0) is 30.7 Å². The molecule has 0 aliphatic carbocycles. The molecule has 0 spiro atoms. The zero-order valence-electron chi connectivity index (χ0n) is 13.3. The van der Waals surface area contributed by atoms with E-state index in [0.29, 0.717) is 6.61 Å². The summed E-state index contributed by atoms with van der Waals surface area (Å²) in [4.78, 5) is 13.0. The van der Waals surface area contributed by atoms with Crippen molar-refractivity contribution in [3.8, 4) is 5.75 Å². The van der Waals surface area contributed by atoms with Crippen LogP contribution in [0.3, 0.4) is 0 Å².